The van der Waals surface area contributed by atoms with Gasteiger partial charge in [-0.1, -0.05) is 66.7 Å². The maximum absolute atomic E-state index is 7.05. The number of fused-ring (bicyclic) bond motifs is 1. The third kappa shape index (κ3) is 4.57. The third-order valence-electron chi connectivity index (χ3n) is 9.72. The lowest BCUT2D eigenvalue weighted by molar-refractivity contribution is -0.154. The van der Waals surface area contributed by atoms with Crippen molar-refractivity contribution in [3.8, 4) is 5.75 Å². The highest BCUT2D eigenvalue weighted by Crippen LogP contribution is 2.53. The van der Waals surface area contributed by atoms with Crippen LogP contribution in [0.15, 0.2) is 78.9 Å². The van der Waals surface area contributed by atoms with Gasteiger partial charge < -0.3 is 9.47 Å². The lowest BCUT2D eigenvalue weighted by Crippen LogP contribution is -2.68. The van der Waals surface area contributed by atoms with Crippen molar-refractivity contribution < 1.29 is 9.47 Å². The Morgan fingerprint density at radius 2 is 1.66 bits per heavy atom. The first kappa shape index (κ1) is 24.4. The minimum atomic E-state index is 0.0430. The fourth-order valence-corrected chi connectivity index (χ4v) is 7.62. The van der Waals surface area contributed by atoms with Crippen LogP contribution in [0.3, 0.4) is 0 Å². The summed E-state index contributed by atoms with van der Waals surface area (Å²) in [6.45, 7) is 5.12. The van der Waals surface area contributed by atoms with Gasteiger partial charge in [0, 0.05) is 37.1 Å². The van der Waals surface area contributed by atoms with Gasteiger partial charge >= 0.3 is 0 Å². The molecule has 3 fully saturated rings. The van der Waals surface area contributed by atoms with Gasteiger partial charge in [0.25, 0.3) is 0 Å². The first-order valence-electron chi connectivity index (χ1n) is 14.6. The molecule has 0 aromatic heterocycles. The van der Waals surface area contributed by atoms with Crippen LogP contribution in [0.2, 0.25) is 0 Å². The van der Waals surface area contributed by atoms with Crippen LogP contribution in [0.25, 0.3) is 0 Å². The molecular formula is C34H40N2O2. The van der Waals surface area contributed by atoms with Crippen molar-refractivity contribution in [2.45, 2.75) is 68.8 Å². The van der Waals surface area contributed by atoms with Crippen LogP contribution in [0.1, 0.15) is 47.9 Å². The predicted molar refractivity (Wildman–Crippen MR) is 151 cm³/mol. The van der Waals surface area contributed by atoms with Crippen molar-refractivity contribution in [2.75, 3.05) is 26.8 Å². The van der Waals surface area contributed by atoms with Crippen molar-refractivity contribution in [1.29, 1.82) is 0 Å². The molecule has 3 aromatic rings. The summed E-state index contributed by atoms with van der Waals surface area (Å²) < 4.78 is 12.8. The second-order valence-electron chi connectivity index (χ2n) is 12.1. The molecule has 38 heavy (non-hydrogen) atoms. The number of benzene rings is 3. The fraction of sp³-hybridized carbons (Fsp3) is 0.471. The summed E-state index contributed by atoms with van der Waals surface area (Å²) in [5.41, 5.74) is 5.78. The Morgan fingerprint density at radius 1 is 0.947 bits per heavy atom. The average Bonchev–Trinajstić information content (AvgIpc) is 3.79. The highest BCUT2D eigenvalue weighted by atomic mass is 16.5. The van der Waals surface area contributed by atoms with Crippen LogP contribution in [0.4, 0.5) is 0 Å². The summed E-state index contributed by atoms with van der Waals surface area (Å²) in [6, 6.07) is 29.6. The number of nitrogens with zero attached hydrogens (tertiary/aromatic N) is 2. The monoisotopic (exact) mass is 508 g/mol. The summed E-state index contributed by atoms with van der Waals surface area (Å²) in [5, 5.41) is 0. The molecule has 0 N–H and O–H groups in total. The smallest absolute Gasteiger partial charge is 0.119 e. The van der Waals surface area contributed by atoms with Crippen molar-refractivity contribution in [3.05, 3.63) is 101 Å². The van der Waals surface area contributed by atoms with Crippen molar-refractivity contribution >= 4 is 0 Å². The van der Waals surface area contributed by atoms with Gasteiger partial charge in [0.05, 0.1) is 19.8 Å². The zero-order valence-corrected chi connectivity index (χ0v) is 22.6. The number of hydrogen-bond donors (Lipinski definition) is 0. The molecule has 4 nitrogen and oxygen atoms in total. The Labute approximate surface area is 227 Å². The van der Waals surface area contributed by atoms with Crippen LogP contribution in [-0.4, -0.2) is 54.8 Å². The molecule has 198 valence electrons. The average molecular weight is 509 g/mol. The van der Waals surface area contributed by atoms with E-state index in [0.717, 1.165) is 44.2 Å². The molecular weight excluding hydrogens is 468 g/mol. The fourth-order valence-electron chi connectivity index (χ4n) is 7.62. The van der Waals surface area contributed by atoms with E-state index < -0.39 is 0 Å². The lowest BCUT2D eigenvalue weighted by atomic mass is 9.58. The molecule has 3 aromatic carbocycles. The molecule has 0 amide bonds. The van der Waals surface area contributed by atoms with Crippen molar-refractivity contribution in [3.63, 3.8) is 0 Å². The molecule has 4 heteroatoms. The topological polar surface area (TPSA) is 24.9 Å². The van der Waals surface area contributed by atoms with Gasteiger partial charge in [-0.05, 0) is 79.0 Å². The second-order valence-corrected chi connectivity index (χ2v) is 12.1. The number of methoxy groups -OCH3 is 1. The van der Waals surface area contributed by atoms with E-state index >= 15 is 0 Å². The van der Waals surface area contributed by atoms with E-state index in [1.807, 2.05) is 0 Å². The standard InChI is InChI=1S/C34H40N2O2/c1-37-30-15-14-28-18-32-33-34(31(28)19-30,16-17-35(32)21-27-12-13-27)20-29(24-38-33)36(22-25-8-4-2-5-9-25)23-26-10-6-3-7-11-26/h2-11,14-15,19,27,29,32-33H,12-13,16-18,20-24H2,1H3/t29?,32?,33?,34-/m0/s1. The first-order valence-corrected chi connectivity index (χ1v) is 14.6. The van der Waals surface area contributed by atoms with Crippen molar-refractivity contribution in [2.24, 2.45) is 5.92 Å². The zero-order chi connectivity index (χ0) is 25.5. The maximum Gasteiger partial charge on any atom is 0.119 e. The number of piperidine rings is 1. The van der Waals surface area contributed by atoms with E-state index in [2.05, 4.69) is 88.7 Å². The van der Waals surface area contributed by atoms with Gasteiger partial charge in [-0.2, -0.15) is 0 Å². The van der Waals surface area contributed by atoms with Crippen LogP contribution in [-0.2, 0) is 29.7 Å². The molecule has 4 atom stereocenters. The summed E-state index contributed by atoms with van der Waals surface area (Å²) >= 11 is 0. The van der Waals surface area contributed by atoms with Gasteiger partial charge in [-0.15, -0.1) is 0 Å². The minimum Gasteiger partial charge on any atom is -0.497 e. The Bertz CT molecular complexity index is 1200. The van der Waals surface area contributed by atoms with E-state index in [1.54, 1.807) is 7.11 Å². The quantitative estimate of drug-likeness (QED) is 0.382. The highest BCUT2D eigenvalue weighted by Gasteiger charge is 2.57. The molecule has 2 aliphatic heterocycles. The molecule has 2 aliphatic carbocycles. The predicted octanol–water partition coefficient (Wildman–Crippen LogP) is 5.83. The van der Waals surface area contributed by atoms with Gasteiger partial charge in [-0.3, -0.25) is 9.80 Å². The number of ether oxygens (including phenoxy) is 2. The number of rotatable bonds is 8. The molecule has 2 heterocycles. The van der Waals surface area contributed by atoms with Crippen LogP contribution >= 0.6 is 0 Å². The Kier molecular flexibility index (Phi) is 6.51. The number of likely N-dealkylation sites (tertiary alicyclic amines) is 1. The van der Waals surface area contributed by atoms with Crippen LogP contribution in [0.5, 0.6) is 5.75 Å². The maximum atomic E-state index is 7.05. The Hall–Kier alpha value is -2.66. The van der Waals surface area contributed by atoms with Crippen molar-refractivity contribution in [1.82, 2.24) is 9.80 Å². The summed E-state index contributed by atoms with van der Waals surface area (Å²) in [7, 11) is 1.79. The minimum absolute atomic E-state index is 0.0430. The van der Waals surface area contributed by atoms with E-state index in [9.17, 15) is 0 Å². The van der Waals surface area contributed by atoms with Gasteiger partial charge in [0.1, 0.15) is 5.75 Å². The summed E-state index contributed by atoms with van der Waals surface area (Å²) in [4.78, 5) is 5.47. The second kappa shape index (κ2) is 10.1. The van der Waals surface area contributed by atoms with Gasteiger partial charge in [0.15, 0.2) is 0 Å². The summed E-state index contributed by atoms with van der Waals surface area (Å²) in [5.74, 6) is 1.88. The van der Waals surface area contributed by atoms with Crippen LogP contribution < -0.4 is 4.74 Å². The van der Waals surface area contributed by atoms with Crippen LogP contribution in [0, 0.1) is 5.92 Å². The molecule has 2 bridgehead atoms. The van der Waals surface area contributed by atoms with Gasteiger partial charge in [-0.25, -0.2) is 0 Å². The van der Waals surface area contributed by atoms with E-state index in [-0.39, 0.29) is 11.5 Å². The molecule has 2 saturated heterocycles. The molecule has 4 aliphatic rings. The molecule has 7 rings (SSSR count). The summed E-state index contributed by atoms with van der Waals surface area (Å²) in [6.07, 6.45) is 6.49. The largest absolute Gasteiger partial charge is 0.497 e. The van der Waals surface area contributed by atoms with E-state index in [0.29, 0.717) is 12.1 Å². The van der Waals surface area contributed by atoms with E-state index in [1.165, 1.54) is 54.6 Å². The highest BCUT2D eigenvalue weighted by molar-refractivity contribution is 5.46. The Balaban J connectivity index is 1.24. The molecule has 0 radical (unpaired) electrons. The third-order valence-corrected chi connectivity index (χ3v) is 9.72. The SMILES string of the molecule is COc1ccc2c(c1)[C@@]13CCN(CC4CC4)C(C2)C1OCC(N(Cc1ccccc1)Cc1ccccc1)C3. The van der Waals surface area contributed by atoms with Gasteiger partial charge in [0.2, 0.25) is 0 Å². The molecule has 0 spiro atoms. The number of hydrogen-bond acceptors (Lipinski definition) is 4. The zero-order valence-electron chi connectivity index (χ0n) is 22.6. The Morgan fingerprint density at radius 3 is 2.32 bits per heavy atom. The molecule has 1 saturated carbocycles. The normalized spacial score (nSPS) is 28.5. The molecule has 3 unspecified atom stereocenters. The first-order chi connectivity index (χ1) is 18.7. The van der Waals surface area contributed by atoms with E-state index in [4.69, 9.17) is 9.47 Å². The lowest BCUT2D eigenvalue weighted by Gasteiger charge is -2.60.